The van der Waals surface area contributed by atoms with Gasteiger partial charge in [-0.2, -0.15) is 0 Å². The highest BCUT2D eigenvalue weighted by Gasteiger charge is 2.40. The number of carbonyl (C=O) groups excluding carboxylic acids is 2. The highest BCUT2D eigenvalue weighted by Crippen LogP contribution is 2.44. The summed E-state index contributed by atoms with van der Waals surface area (Å²) < 4.78 is 0. The van der Waals surface area contributed by atoms with Crippen LogP contribution in [0.3, 0.4) is 0 Å². The van der Waals surface area contributed by atoms with E-state index in [2.05, 4.69) is 15.6 Å². The number of rotatable bonds is 5. The number of hydrogen-bond donors (Lipinski definition) is 3. The maximum absolute atomic E-state index is 12.8. The first-order valence-electron chi connectivity index (χ1n) is 12.3. The molecule has 3 aliphatic carbocycles. The van der Waals surface area contributed by atoms with Crippen molar-refractivity contribution in [2.45, 2.75) is 57.4 Å². The number of aromatic nitrogens is 2. The van der Waals surface area contributed by atoms with Crippen molar-refractivity contribution in [1.29, 1.82) is 0 Å². The first kappa shape index (κ1) is 20.5. The molecule has 33 heavy (non-hydrogen) atoms. The summed E-state index contributed by atoms with van der Waals surface area (Å²) in [6, 6.07) is 13.8. The van der Waals surface area contributed by atoms with Crippen LogP contribution in [0.2, 0.25) is 0 Å². The third kappa shape index (κ3) is 4.03. The summed E-state index contributed by atoms with van der Waals surface area (Å²) in [6.07, 6.45) is 9.25. The number of carbonyl (C=O) groups is 2. The molecule has 2 aromatic carbocycles. The van der Waals surface area contributed by atoms with Crippen LogP contribution in [-0.4, -0.2) is 27.8 Å². The van der Waals surface area contributed by atoms with Crippen LogP contribution in [0.25, 0.3) is 22.4 Å². The molecule has 1 aromatic heterocycles. The number of H-pyrrole nitrogens is 1. The monoisotopic (exact) mass is 442 g/mol. The molecule has 2 bridgehead atoms. The molecule has 6 nitrogen and oxygen atoms in total. The van der Waals surface area contributed by atoms with Crippen molar-refractivity contribution < 1.29 is 9.59 Å². The van der Waals surface area contributed by atoms with Crippen molar-refractivity contribution in [2.75, 3.05) is 5.32 Å². The number of nitrogens with zero attached hydrogens (tertiary/aromatic N) is 1. The van der Waals surface area contributed by atoms with Crippen LogP contribution >= 0.6 is 0 Å². The smallest absolute Gasteiger partial charge is 0.251 e. The van der Waals surface area contributed by atoms with Gasteiger partial charge in [0.05, 0.1) is 11.0 Å². The molecule has 3 unspecified atom stereocenters. The second kappa shape index (κ2) is 8.32. The van der Waals surface area contributed by atoms with E-state index in [1.807, 2.05) is 42.5 Å². The Morgan fingerprint density at radius 1 is 0.939 bits per heavy atom. The Balaban J connectivity index is 1.15. The highest BCUT2D eigenvalue weighted by atomic mass is 16.2. The van der Waals surface area contributed by atoms with Crippen molar-refractivity contribution in [1.82, 2.24) is 15.3 Å². The first-order chi connectivity index (χ1) is 16.1. The lowest BCUT2D eigenvalue weighted by molar-refractivity contribution is -0.119. The Morgan fingerprint density at radius 2 is 1.76 bits per heavy atom. The van der Waals surface area contributed by atoms with Gasteiger partial charge in [-0.15, -0.1) is 0 Å². The number of anilines is 1. The van der Waals surface area contributed by atoms with Crippen LogP contribution in [0.15, 0.2) is 42.5 Å². The van der Waals surface area contributed by atoms with Crippen LogP contribution in [0, 0.1) is 17.8 Å². The normalized spacial score (nSPS) is 24.4. The minimum absolute atomic E-state index is 0.00126. The van der Waals surface area contributed by atoms with Crippen molar-refractivity contribution in [2.24, 2.45) is 17.8 Å². The van der Waals surface area contributed by atoms with E-state index in [-0.39, 0.29) is 17.7 Å². The Kier molecular flexibility index (Phi) is 5.16. The summed E-state index contributed by atoms with van der Waals surface area (Å²) in [5, 5.41) is 6.29. The molecule has 3 atom stereocenters. The molecule has 6 rings (SSSR count). The average molecular weight is 443 g/mol. The second-order valence-corrected chi connectivity index (χ2v) is 10.1. The van der Waals surface area contributed by atoms with Crippen molar-refractivity contribution in [3.05, 3.63) is 48.0 Å². The van der Waals surface area contributed by atoms with Crippen molar-refractivity contribution >= 4 is 28.5 Å². The van der Waals surface area contributed by atoms with E-state index in [9.17, 15) is 9.59 Å². The zero-order valence-electron chi connectivity index (χ0n) is 18.8. The van der Waals surface area contributed by atoms with E-state index < -0.39 is 0 Å². The van der Waals surface area contributed by atoms with Crippen LogP contribution in [0.5, 0.6) is 0 Å². The number of hydrogen-bond acceptors (Lipinski definition) is 3. The zero-order chi connectivity index (χ0) is 22.4. The first-order valence-corrected chi connectivity index (χ1v) is 12.3. The quantitative estimate of drug-likeness (QED) is 0.503. The van der Waals surface area contributed by atoms with E-state index in [1.165, 1.54) is 19.3 Å². The predicted octanol–water partition coefficient (Wildman–Crippen LogP) is 5.28. The summed E-state index contributed by atoms with van der Waals surface area (Å²) >= 11 is 0. The van der Waals surface area contributed by atoms with Crippen molar-refractivity contribution in [3.63, 3.8) is 0 Å². The van der Waals surface area contributed by atoms with Gasteiger partial charge in [0.2, 0.25) is 5.91 Å². The number of fused-ring (bicyclic) bond motifs is 3. The molecular weight excluding hydrogens is 412 g/mol. The van der Waals surface area contributed by atoms with Gasteiger partial charge < -0.3 is 15.6 Å². The molecule has 0 radical (unpaired) electrons. The highest BCUT2D eigenvalue weighted by molar-refractivity contribution is 5.98. The van der Waals surface area contributed by atoms with E-state index in [4.69, 9.17) is 4.98 Å². The fraction of sp³-hybridized carbons (Fsp3) is 0.444. The molecule has 6 heteroatoms. The van der Waals surface area contributed by atoms with Gasteiger partial charge in [-0.25, -0.2) is 4.98 Å². The molecule has 3 fully saturated rings. The van der Waals surface area contributed by atoms with Gasteiger partial charge in [-0.05, 0) is 86.4 Å². The van der Waals surface area contributed by atoms with E-state index in [0.29, 0.717) is 17.5 Å². The van der Waals surface area contributed by atoms with E-state index in [1.54, 1.807) is 0 Å². The summed E-state index contributed by atoms with van der Waals surface area (Å²) in [6.45, 7) is 0. The van der Waals surface area contributed by atoms with Crippen LogP contribution in [0.1, 0.15) is 61.7 Å². The SMILES string of the molecule is O=C(NC1CC2CCC1C2)c1ccc2[nH]c(-c3ccc(NC(=O)C4CCCC4)cc3)nc2c1. The summed E-state index contributed by atoms with van der Waals surface area (Å²) in [4.78, 5) is 33.3. The molecule has 3 saturated carbocycles. The summed E-state index contributed by atoms with van der Waals surface area (Å²) in [5.74, 6) is 2.49. The third-order valence-electron chi connectivity index (χ3n) is 7.95. The topological polar surface area (TPSA) is 86.9 Å². The minimum atomic E-state index is 0.00126. The molecule has 1 heterocycles. The number of imidazole rings is 1. The summed E-state index contributed by atoms with van der Waals surface area (Å²) in [7, 11) is 0. The fourth-order valence-electron chi connectivity index (χ4n) is 6.10. The van der Waals surface area contributed by atoms with Gasteiger partial charge in [-0.1, -0.05) is 19.3 Å². The minimum Gasteiger partial charge on any atom is -0.349 e. The number of nitrogens with one attached hydrogen (secondary N) is 3. The molecule has 0 aliphatic heterocycles. The Hall–Kier alpha value is -3.15. The molecule has 0 saturated heterocycles. The maximum atomic E-state index is 12.8. The van der Waals surface area contributed by atoms with Gasteiger partial charge in [0.1, 0.15) is 5.82 Å². The van der Waals surface area contributed by atoms with Crippen LogP contribution in [0.4, 0.5) is 5.69 Å². The van der Waals surface area contributed by atoms with Gasteiger partial charge in [0.15, 0.2) is 0 Å². The van der Waals surface area contributed by atoms with Crippen molar-refractivity contribution in [3.8, 4) is 11.4 Å². The molecule has 3 N–H and O–H groups in total. The lowest BCUT2D eigenvalue weighted by Gasteiger charge is -2.22. The van der Waals surface area contributed by atoms with Crippen LogP contribution in [-0.2, 0) is 4.79 Å². The number of benzene rings is 2. The predicted molar refractivity (Wildman–Crippen MR) is 129 cm³/mol. The Morgan fingerprint density at radius 3 is 2.48 bits per heavy atom. The molecule has 0 spiro atoms. The number of amides is 2. The summed E-state index contributed by atoms with van der Waals surface area (Å²) in [5.41, 5.74) is 4.10. The lowest BCUT2D eigenvalue weighted by atomic mass is 9.95. The Bertz CT molecular complexity index is 1190. The molecule has 2 amide bonds. The molecule has 3 aliphatic rings. The fourth-order valence-corrected chi connectivity index (χ4v) is 6.10. The molecule has 3 aromatic rings. The second-order valence-electron chi connectivity index (χ2n) is 10.1. The van der Waals surface area contributed by atoms with Crippen LogP contribution < -0.4 is 10.6 Å². The number of aromatic amines is 1. The zero-order valence-corrected chi connectivity index (χ0v) is 18.8. The lowest BCUT2D eigenvalue weighted by Crippen LogP contribution is -2.38. The standard InChI is InChI=1S/C27H30N4O2/c32-26(18-3-1-2-4-18)28-21-10-7-17(8-11-21)25-29-22-12-9-20(15-24(22)30-25)27(33)31-23-14-16-5-6-19(23)13-16/h7-12,15-16,18-19,23H,1-6,13-14H2,(H,28,32)(H,29,30)(H,31,33). The molecular formula is C27H30N4O2. The van der Waals surface area contributed by atoms with E-state index >= 15 is 0 Å². The van der Waals surface area contributed by atoms with E-state index in [0.717, 1.165) is 66.1 Å². The largest absolute Gasteiger partial charge is 0.349 e. The maximum Gasteiger partial charge on any atom is 0.251 e. The Labute approximate surface area is 193 Å². The third-order valence-corrected chi connectivity index (χ3v) is 7.95. The van der Waals surface area contributed by atoms with Gasteiger partial charge >= 0.3 is 0 Å². The van der Waals surface area contributed by atoms with Gasteiger partial charge in [0.25, 0.3) is 5.91 Å². The van der Waals surface area contributed by atoms with Gasteiger partial charge in [0, 0.05) is 28.8 Å². The molecule has 170 valence electrons. The van der Waals surface area contributed by atoms with Gasteiger partial charge in [-0.3, -0.25) is 9.59 Å². The average Bonchev–Trinajstić information content (AvgIpc) is 3.63.